The number of benzene rings is 2. The highest BCUT2D eigenvalue weighted by molar-refractivity contribution is 7.80. The zero-order valence-corrected chi connectivity index (χ0v) is 14.6. The van der Waals surface area contributed by atoms with E-state index in [0.717, 1.165) is 0 Å². The third-order valence-electron chi connectivity index (χ3n) is 3.36. The molecule has 10 heteroatoms. The van der Waals surface area contributed by atoms with E-state index >= 15 is 0 Å². The maximum atomic E-state index is 12.9. The predicted octanol–water partition coefficient (Wildman–Crippen LogP) is 6.49. The fourth-order valence-corrected chi connectivity index (χ4v) is 2.46. The molecule has 0 amide bonds. The van der Waals surface area contributed by atoms with Gasteiger partial charge in [0.1, 0.15) is 0 Å². The van der Waals surface area contributed by atoms with Crippen molar-refractivity contribution in [2.75, 3.05) is 10.6 Å². The Morgan fingerprint density at radius 2 is 1.46 bits per heavy atom. The maximum Gasteiger partial charge on any atom is 0.416 e. The predicted molar refractivity (Wildman–Crippen MR) is 92.5 cm³/mol. The van der Waals surface area contributed by atoms with Gasteiger partial charge in [0, 0.05) is 16.4 Å². The van der Waals surface area contributed by atoms with E-state index in [-0.39, 0.29) is 11.2 Å². The second-order valence-corrected chi connectivity index (χ2v) is 6.10. The van der Waals surface area contributed by atoms with Gasteiger partial charge in [-0.3, -0.25) is 0 Å². The summed E-state index contributed by atoms with van der Waals surface area (Å²) in [6, 6.07) is 6.00. The van der Waals surface area contributed by atoms with Crippen LogP contribution in [0.2, 0.25) is 5.02 Å². The second kappa shape index (κ2) is 7.32. The number of alkyl halides is 6. The first-order chi connectivity index (χ1) is 11.9. The molecule has 0 atom stereocenters. The van der Waals surface area contributed by atoms with Crippen LogP contribution in [0.5, 0.6) is 0 Å². The zero-order chi connectivity index (χ0) is 19.7. The number of nitrogens with one attached hydrogen (secondary N) is 2. The molecule has 0 fully saturated rings. The minimum absolute atomic E-state index is 0.0444. The molecule has 2 aromatic carbocycles. The molecule has 2 nitrogen and oxygen atoms in total. The lowest BCUT2D eigenvalue weighted by Gasteiger charge is -2.17. The molecular weight excluding hydrogens is 402 g/mol. The van der Waals surface area contributed by atoms with Gasteiger partial charge in [-0.05, 0) is 55.0 Å². The number of thiocarbonyl (C=S) groups is 1. The van der Waals surface area contributed by atoms with Crippen LogP contribution in [0.3, 0.4) is 0 Å². The summed E-state index contributed by atoms with van der Waals surface area (Å²) in [5.41, 5.74) is -2.21. The molecule has 0 saturated carbocycles. The first-order valence-electron chi connectivity index (χ1n) is 7.00. The molecule has 0 spiro atoms. The van der Waals surface area contributed by atoms with Gasteiger partial charge in [0.2, 0.25) is 0 Å². The van der Waals surface area contributed by atoms with E-state index < -0.39 is 29.2 Å². The molecule has 2 rings (SSSR count). The lowest BCUT2D eigenvalue weighted by atomic mass is 10.1. The van der Waals surface area contributed by atoms with Crippen LogP contribution in [0.15, 0.2) is 36.4 Å². The molecule has 2 aromatic rings. The minimum Gasteiger partial charge on any atom is -0.332 e. The number of halogens is 7. The van der Waals surface area contributed by atoms with Crippen molar-refractivity contribution >= 4 is 40.3 Å². The number of anilines is 2. The Hall–Kier alpha value is -2.00. The Morgan fingerprint density at radius 1 is 0.923 bits per heavy atom. The van der Waals surface area contributed by atoms with E-state index in [1.54, 1.807) is 25.1 Å². The van der Waals surface area contributed by atoms with Gasteiger partial charge in [0.25, 0.3) is 0 Å². The van der Waals surface area contributed by atoms with Gasteiger partial charge in [-0.1, -0.05) is 17.7 Å². The molecule has 26 heavy (non-hydrogen) atoms. The van der Waals surface area contributed by atoms with Crippen LogP contribution in [-0.2, 0) is 12.4 Å². The van der Waals surface area contributed by atoms with Gasteiger partial charge in [0.15, 0.2) is 5.11 Å². The summed E-state index contributed by atoms with van der Waals surface area (Å²) in [6.45, 7) is 1.68. The van der Waals surface area contributed by atoms with Gasteiger partial charge in [-0.25, -0.2) is 0 Å². The molecule has 0 unspecified atom stereocenters. The minimum atomic E-state index is -4.93. The number of rotatable bonds is 2. The highest BCUT2D eigenvalue weighted by Gasteiger charge is 2.37. The van der Waals surface area contributed by atoms with Crippen LogP contribution in [0.4, 0.5) is 37.7 Å². The lowest BCUT2D eigenvalue weighted by molar-refractivity contribution is -0.143. The molecule has 2 N–H and O–H groups in total. The van der Waals surface area contributed by atoms with Gasteiger partial charge in [-0.15, -0.1) is 0 Å². The van der Waals surface area contributed by atoms with Crippen LogP contribution in [-0.4, -0.2) is 5.11 Å². The zero-order valence-electron chi connectivity index (χ0n) is 13.0. The molecule has 0 aliphatic rings. The molecule has 0 aliphatic carbocycles. The van der Waals surface area contributed by atoms with E-state index in [0.29, 0.717) is 28.4 Å². The lowest BCUT2D eigenvalue weighted by Crippen LogP contribution is -2.21. The Labute approximate surface area is 155 Å². The van der Waals surface area contributed by atoms with Crippen molar-refractivity contribution in [1.82, 2.24) is 0 Å². The molecule has 0 aromatic heterocycles. The monoisotopic (exact) mass is 412 g/mol. The fraction of sp³-hybridized carbons (Fsp3) is 0.188. The molecule has 0 saturated heterocycles. The summed E-state index contributed by atoms with van der Waals surface area (Å²) in [5.74, 6) is 0. The second-order valence-electron chi connectivity index (χ2n) is 5.29. The highest BCUT2D eigenvalue weighted by atomic mass is 35.5. The molecule has 0 bridgehead atoms. The summed E-state index contributed by atoms with van der Waals surface area (Å²) in [4.78, 5) is 0. The van der Waals surface area contributed by atoms with E-state index in [4.69, 9.17) is 23.8 Å². The molecule has 140 valence electrons. The van der Waals surface area contributed by atoms with Crippen molar-refractivity contribution < 1.29 is 26.3 Å². The van der Waals surface area contributed by atoms with Crippen molar-refractivity contribution in [3.05, 3.63) is 58.1 Å². The van der Waals surface area contributed by atoms with Crippen molar-refractivity contribution in [2.45, 2.75) is 19.3 Å². The number of hydrogen-bond acceptors (Lipinski definition) is 1. The van der Waals surface area contributed by atoms with Crippen LogP contribution in [0.25, 0.3) is 0 Å². The molecule has 0 aliphatic heterocycles. The normalized spacial score (nSPS) is 12.0. The van der Waals surface area contributed by atoms with Gasteiger partial charge in [0.05, 0.1) is 11.1 Å². The Balaban J connectivity index is 2.30. The summed E-state index contributed by atoms with van der Waals surface area (Å²) in [6.07, 6.45) is -9.87. The average Bonchev–Trinajstić information content (AvgIpc) is 2.50. The standard InChI is InChI=1S/C16H11ClF6N2S/c1-8-12(17)3-2-4-13(8)25-14(26)24-11-6-9(15(18,19)20)5-10(7-11)16(21,22)23/h2-7H,1H3,(H2,24,25,26). The van der Waals surface area contributed by atoms with Crippen molar-refractivity contribution in [2.24, 2.45) is 0 Å². The van der Waals surface area contributed by atoms with Gasteiger partial charge >= 0.3 is 12.4 Å². The SMILES string of the molecule is Cc1c(Cl)cccc1NC(=S)Nc1cc(C(F)(F)F)cc(C(F)(F)F)c1. The summed E-state index contributed by atoms with van der Waals surface area (Å²) in [7, 11) is 0. The molecule has 0 radical (unpaired) electrons. The molecular formula is C16H11ClF6N2S. The first-order valence-corrected chi connectivity index (χ1v) is 7.79. The van der Waals surface area contributed by atoms with E-state index in [2.05, 4.69) is 10.6 Å². The van der Waals surface area contributed by atoms with Crippen LogP contribution in [0.1, 0.15) is 16.7 Å². The Morgan fingerprint density at radius 3 is 1.96 bits per heavy atom. The van der Waals surface area contributed by atoms with Crippen LogP contribution >= 0.6 is 23.8 Å². The van der Waals surface area contributed by atoms with Crippen molar-refractivity contribution in [1.29, 1.82) is 0 Å². The third-order valence-corrected chi connectivity index (χ3v) is 3.98. The Bertz CT molecular complexity index is 800. The highest BCUT2D eigenvalue weighted by Crippen LogP contribution is 2.37. The maximum absolute atomic E-state index is 12.9. The van der Waals surface area contributed by atoms with Crippen LogP contribution in [0, 0.1) is 6.92 Å². The smallest absolute Gasteiger partial charge is 0.332 e. The van der Waals surface area contributed by atoms with Crippen molar-refractivity contribution in [3.8, 4) is 0 Å². The summed E-state index contributed by atoms with van der Waals surface area (Å²) in [5, 5.41) is 5.28. The largest absolute Gasteiger partial charge is 0.416 e. The Kier molecular flexibility index (Phi) is 5.72. The van der Waals surface area contributed by atoms with Crippen LogP contribution < -0.4 is 10.6 Å². The van der Waals surface area contributed by atoms with Gasteiger partial charge < -0.3 is 10.6 Å². The first kappa shape index (κ1) is 20.3. The van der Waals surface area contributed by atoms with E-state index in [1.807, 2.05) is 0 Å². The third kappa shape index (κ3) is 5.01. The summed E-state index contributed by atoms with van der Waals surface area (Å²) >= 11 is 10.9. The van der Waals surface area contributed by atoms with E-state index in [9.17, 15) is 26.3 Å². The summed E-state index contributed by atoms with van der Waals surface area (Å²) < 4.78 is 77.2. The average molecular weight is 413 g/mol. The van der Waals surface area contributed by atoms with Gasteiger partial charge in [-0.2, -0.15) is 26.3 Å². The number of hydrogen-bond donors (Lipinski definition) is 2. The van der Waals surface area contributed by atoms with E-state index in [1.165, 1.54) is 0 Å². The molecule has 0 heterocycles. The topological polar surface area (TPSA) is 24.1 Å². The quantitative estimate of drug-likeness (QED) is 0.435. The van der Waals surface area contributed by atoms with Crippen molar-refractivity contribution in [3.63, 3.8) is 0 Å². The fourth-order valence-electron chi connectivity index (χ4n) is 2.05.